The fourth-order valence-electron chi connectivity index (χ4n) is 2.77. The van der Waals surface area contributed by atoms with E-state index in [-0.39, 0.29) is 6.03 Å². The van der Waals surface area contributed by atoms with Gasteiger partial charge in [-0.25, -0.2) is 4.79 Å². The Hall–Kier alpha value is -2.00. The van der Waals surface area contributed by atoms with Gasteiger partial charge in [0.2, 0.25) is 0 Å². The fraction of sp³-hybridized carbons (Fsp3) is 0.381. The van der Waals surface area contributed by atoms with Crippen LogP contribution in [0.5, 0.6) is 0 Å². The van der Waals surface area contributed by atoms with Gasteiger partial charge in [0, 0.05) is 23.8 Å². The number of nitrogens with one attached hydrogen (secondary N) is 1. The number of carbonyl (C=O) groups is 1. The lowest BCUT2D eigenvalue weighted by molar-refractivity contribution is 0.211. The lowest BCUT2D eigenvalue weighted by atomic mass is 10.1. The highest BCUT2D eigenvalue weighted by molar-refractivity contribution is 6.30. The van der Waals surface area contributed by atoms with Crippen LogP contribution in [-0.2, 0) is 6.42 Å². The molecule has 0 bridgehead atoms. The zero-order valence-electron chi connectivity index (χ0n) is 15.3. The Bertz CT molecular complexity index is 715. The van der Waals surface area contributed by atoms with Crippen LogP contribution in [0.3, 0.4) is 0 Å². The Kier molecular flexibility index (Phi) is 7.32. The molecule has 4 heteroatoms. The number of nitrogens with zero attached hydrogens (tertiary/aromatic N) is 1. The molecule has 0 spiro atoms. The van der Waals surface area contributed by atoms with Crippen molar-refractivity contribution in [2.24, 2.45) is 0 Å². The van der Waals surface area contributed by atoms with E-state index in [0.29, 0.717) is 6.54 Å². The van der Waals surface area contributed by atoms with Gasteiger partial charge in [-0.05, 0) is 56.0 Å². The van der Waals surface area contributed by atoms with Crippen molar-refractivity contribution >= 4 is 23.3 Å². The Balaban J connectivity index is 2.03. The van der Waals surface area contributed by atoms with E-state index in [1.54, 1.807) is 0 Å². The highest BCUT2D eigenvalue weighted by Gasteiger charge is 2.14. The van der Waals surface area contributed by atoms with Crippen LogP contribution in [0.1, 0.15) is 36.5 Å². The Morgan fingerprint density at radius 1 is 1.12 bits per heavy atom. The number of carbonyl (C=O) groups excluding carboxylic acids is 1. The Morgan fingerprint density at radius 2 is 1.92 bits per heavy atom. The first-order valence-electron chi connectivity index (χ1n) is 8.87. The maximum Gasteiger partial charge on any atom is 0.321 e. The van der Waals surface area contributed by atoms with E-state index < -0.39 is 0 Å². The SMILES string of the molecule is CCCCN(CCc1cccc(Cl)c1)C(=O)Nc1ccc(C)cc1C. The van der Waals surface area contributed by atoms with Gasteiger partial charge >= 0.3 is 6.03 Å². The summed E-state index contributed by atoms with van der Waals surface area (Å²) in [5.74, 6) is 0. The van der Waals surface area contributed by atoms with Crippen molar-refractivity contribution in [1.29, 1.82) is 0 Å². The lowest BCUT2D eigenvalue weighted by Crippen LogP contribution is -2.37. The molecule has 0 aromatic heterocycles. The summed E-state index contributed by atoms with van der Waals surface area (Å²) in [7, 11) is 0. The summed E-state index contributed by atoms with van der Waals surface area (Å²) in [6.45, 7) is 7.64. The first kappa shape index (κ1) is 19.3. The molecule has 0 fully saturated rings. The van der Waals surface area contributed by atoms with Gasteiger partial charge in [0.1, 0.15) is 0 Å². The molecular weight excluding hydrogens is 332 g/mol. The van der Waals surface area contributed by atoms with Crippen LogP contribution in [0.25, 0.3) is 0 Å². The molecule has 0 aliphatic rings. The number of unbranched alkanes of at least 4 members (excludes halogenated alkanes) is 1. The zero-order valence-corrected chi connectivity index (χ0v) is 16.1. The van der Waals surface area contributed by atoms with Crippen LogP contribution in [0, 0.1) is 13.8 Å². The van der Waals surface area contributed by atoms with Gasteiger partial charge in [-0.15, -0.1) is 0 Å². The smallest absolute Gasteiger partial charge is 0.321 e. The predicted octanol–water partition coefficient (Wildman–Crippen LogP) is 5.83. The van der Waals surface area contributed by atoms with Crippen LogP contribution < -0.4 is 5.32 Å². The summed E-state index contributed by atoms with van der Waals surface area (Å²) in [5.41, 5.74) is 4.30. The number of benzene rings is 2. The molecule has 3 nitrogen and oxygen atoms in total. The minimum Gasteiger partial charge on any atom is -0.324 e. The Morgan fingerprint density at radius 3 is 2.60 bits per heavy atom. The maximum atomic E-state index is 12.7. The second-order valence-corrected chi connectivity index (χ2v) is 6.91. The summed E-state index contributed by atoms with van der Waals surface area (Å²) >= 11 is 6.05. The second kappa shape index (κ2) is 9.47. The average Bonchev–Trinajstić information content (AvgIpc) is 2.57. The molecule has 2 aromatic rings. The second-order valence-electron chi connectivity index (χ2n) is 6.47. The van der Waals surface area contributed by atoms with Crippen molar-refractivity contribution < 1.29 is 4.79 Å². The lowest BCUT2D eigenvalue weighted by Gasteiger charge is -2.23. The Labute approximate surface area is 156 Å². The molecule has 0 saturated heterocycles. The standard InChI is InChI=1S/C21H27ClN2O/c1-4-5-12-24(13-11-18-7-6-8-19(22)15-18)21(25)23-20-10-9-16(2)14-17(20)3/h6-10,14-15H,4-5,11-13H2,1-3H3,(H,23,25). The average molecular weight is 359 g/mol. The van der Waals surface area contributed by atoms with Crippen LogP contribution in [0.2, 0.25) is 5.02 Å². The molecule has 2 aromatic carbocycles. The van der Waals surface area contributed by atoms with Crippen molar-refractivity contribution in [3.05, 3.63) is 64.2 Å². The summed E-state index contributed by atoms with van der Waals surface area (Å²) in [6, 6.07) is 13.9. The number of hydrogen-bond acceptors (Lipinski definition) is 1. The zero-order chi connectivity index (χ0) is 18.2. The third kappa shape index (κ3) is 6.09. The minimum atomic E-state index is -0.0394. The third-order valence-electron chi connectivity index (χ3n) is 4.25. The molecule has 1 N–H and O–H groups in total. The van der Waals surface area contributed by atoms with Gasteiger partial charge < -0.3 is 10.2 Å². The molecule has 134 valence electrons. The predicted molar refractivity (Wildman–Crippen MR) is 107 cm³/mol. The van der Waals surface area contributed by atoms with E-state index in [0.717, 1.165) is 47.6 Å². The largest absolute Gasteiger partial charge is 0.324 e. The molecule has 25 heavy (non-hydrogen) atoms. The van der Waals surface area contributed by atoms with Gasteiger partial charge in [-0.2, -0.15) is 0 Å². The number of aryl methyl sites for hydroxylation is 2. The molecule has 2 amide bonds. The van der Waals surface area contributed by atoms with Gasteiger partial charge in [-0.3, -0.25) is 0 Å². The van der Waals surface area contributed by atoms with E-state index in [1.807, 2.05) is 48.2 Å². The van der Waals surface area contributed by atoms with E-state index in [9.17, 15) is 4.79 Å². The maximum absolute atomic E-state index is 12.7. The normalized spacial score (nSPS) is 10.6. The van der Waals surface area contributed by atoms with E-state index >= 15 is 0 Å². The van der Waals surface area contributed by atoms with Crippen molar-refractivity contribution in [1.82, 2.24) is 4.90 Å². The van der Waals surface area contributed by atoms with Gasteiger partial charge in [0.15, 0.2) is 0 Å². The van der Waals surface area contributed by atoms with Crippen LogP contribution in [-0.4, -0.2) is 24.0 Å². The number of amides is 2. The summed E-state index contributed by atoms with van der Waals surface area (Å²) in [5, 5.41) is 3.79. The molecule has 0 unspecified atom stereocenters. The number of rotatable bonds is 7. The summed E-state index contributed by atoms with van der Waals surface area (Å²) in [4.78, 5) is 14.6. The van der Waals surface area contributed by atoms with Gasteiger partial charge in [0.25, 0.3) is 0 Å². The number of halogens is 1. The number of hydrogen-bond donors (Lipinski definition) is 1. The van der Waals surface area contributed by atoms with Crippen LogP contribution in [0.15, 0.2) is 42.5 Å². The van der Waals surface area contributed by atoms with Crippen LogP contribution in [0.4, 0.5) is 10.5 Å². The first-order valence-corrected chi connectivity index (χ1v) is 9.25. The van der Waals surface area contributed by atoms with Crippen molar-refractivity contribution in [2.75, 3.05) is 18.4 Å². The van der Waals surface area contributed by atoms with Crippen molar-refractivity contribution in [3.63, 3.8) is 0 Å². The molecule has 0 aliphatic carbocycles. The third-order valence-corrected chi connectivity index (χ3v) is 4.49. The molecule has 0 radical (unpaired) electrons. The molecule has 0 atom stereocenters. The van der Waals surface area contributed by atoms with E-state index in [1.165, 1.54) is 5.56 Å². The van der Waals surface area contributed by atoms with Crippen LogP contribution >= 0.6 is 11.6 Å². The van der Waals surface area contributed by atoms with E-state index in [4.69, 9.17) is 11.6 Å². The topological polar surface area (TPSA) is 32.3 Å². The summed E-state index contributed by atoms with van der Waals surface area (Å²) in [6.07, 6.45) is 2.85. The highest BCUT2D eigenvalue weighted by atomic mass is 35.5. The van der Waals surface area contributed by atoms with E-state index in [2.05, 4.69) is 25.2 Å². The molecule has 2 rings (SSSR count). The molecule has 0 aliphatic heterocycles. The first-order chi connectivity index (χ1) is 12.0. The molecule has 0 saturated carbocycles. The quantitative estimate of drug-likeness (QED) is 0.663. The number of anilines is 1. The van der Waals surface area contributed by atoms with Gasteiger partial charge in [-0.1, -0.05) is 54.8 Å². The van der Waals surface area contributed by atoms with Gasteiger partial charge in [0.05, 0.1) is 0 Å². The molecule has 0 heterocycles. The van der Waals surface area contributed by atoms with Crippen molar-refractivity contribution in [2.45, 2.75) is 40.0 Å². The molecular formula is C21H27ClN2O. The monoisotopic (exact) mass is 358 g/mol. The summed E-state index contributed by atoms with van der Waals surface area (Å²) < 4.78 is 0. The van der Waals surface area contributed by atoms with Crippen molar-refractivity contribution in [3.8, 4) is 0 Å². The highest BCUT2D eigenvalue weighted by Crippen LogP contribution is 2.17. The number of urea groups is 1. The minimum absolute atomic E-state index is 0.0394. The fourth-order valence-corrected chi connectivity index (χ4v) is 2.98.